The lowest BCUT2D eigenvalue weighted by molar-refractivity contribution is -0.219. The number of aromatic nitrogens is 3. The van der Waals surface area contributed by atoms with Crippen molar-refractivity contribution in [2.24, 2.45) is 5.41 Å². The largest absolute Gasteiger partial charge is 0.476 e. The highest BCUT2D eigenvalue weighted by atomic mass is 19.4. The van der Waals surface area contributed by atoms with E-state index in [0.29, 0.717) is 5.82 Å². The van der Waals surface area contributed by atoms with Gasteiger partial charge in [-0.2, -0.15) is 13.2 Å². The molecular weight excluding hydrogens is 327 g/mol. The second kappa shape index (κ2) is 6.50. The summed E-state index contributed by atoms with van der Waals surface area (Å²) in [5, 5.41) is 4.01. The average Bonchev–Trinajstić information content (AvgIpc) is 3.00. The van der Waals surface area contributed by atoms with Gasteiger partial charge >= 0.3 is 12.1 Å². The van der Waals surface area contributed by atoms with Gasteiger partial charge < -0.3 is 9.47 Å². The number of halogens is 3. The van der Waals surface area contributed by atoms with Crippen molar-refractivity contribution in [1.82, 2.24) is 14.8 Å². The summed E-state index contributed by atoms with van der Waals surface area (Å²) in [6, 6.07) is 4.47. The van der Waals surface area contributed by atoms with E-state index in [9.17, 15) is 18.0 Å². The van der Waals surface area contributed by atoms with Gasteiger partial charge in [0, 0.05) is 18.5 Å². The molecule has 2 aromatic rings. The Labute approximate surface area is 136 Å². The van der Waals surface area contributed by atoms with Crippen LogP contribution < -0.4 is 4.74 Å². The minimum absolute atomic E-state index is 0.0474. The summed E-state index contributed by atoms with van der Waals surface area (Å²) in [6.45, 7) is 1.55. The number of hydrogen-bond acceptors (Lipinski definition) is 5. The molecule has 0 fully saturated rings. The van der Waals surface area contributed by atoms with E-state index in [1.807, 2.05) is 0 Å². The van der Waals surface area contributed by atoms with Crippen LogP contribution >= 0.6 is 0 Å². The number of nitrogens with zero attached hydrogens (tertiary/aromatic N) is 3. The molecule has 130 valence electrons. The topological polar surface area (TPSA) is 66.2 Å². The van der Waals surface area contributed by atoms with Crippen LogP contribution in [-0.4, -0.2) is 40.6 Å². The van der Waals surface area contributed by atoms with E-state index in [-0.39, 0.29) is 11.4 Å². The van der Waals surface area contributed by atoms with Crippen LogP contribution in [0, 0.1) is 5.41 Å². The quantitative estimate of drug-likeness (QED) is 0.781. The van der Waals surface area contributed by atoms with Gasteiger partial charge in [0.1, 0.15) is 6.61 Å². The highest BCUT2D eigenvalue weighted by Gasteiger charge is 2.48. The SMILES string of the molecule is COC(=O)c1ccc(-n2ccc(OCC(C)(C)C(F)(F)F)n2)nc1. The zero-order chi connectivity index (χ0) is 18.0. The first-order chi connectivity index (χ1) is 11.1. The predicted octanol–water partition coefficient (Wildman–Crippen LogP) is 3.02. The molecule has 0 N–H and O–H groups in total. The fourth-order valence-corrected chi connectivity index (χ4v) is 1.61. The van der Waals surface area contributed by atoms with Crippen LogP contribution in [0.15, 0.2) is 30.6 Å². The third-order valence-electron chi connectivity index (χ3n) is 3.32. The Kier molecular flexibility index (Phi) is 4.81. The van der Waals surface area contributed by atoms with Gasteiger partial charge in [0.2, 0.25) is 5.88 Å². The molecule has 24 heavy (non-hydrogen) atoms. The van der Waals surface area contributed by atoms with E-state index in [0.717, 1.165) is 13.8 Å². The van der Waals surface area contributed by atoms with Crippen LogP contribution in [0.5, 0.6) is 5.88 Å². The summed E-state index contributed by atoms with van der Waals surface area (Å²) in [4.78, 5) is 15.4. The lowest BCUT2D eigenvalue weighted by Crippen LogP contribution is -2.37. The molecular formula is C15H16F3N3O3. The van der Waals surface area contributed by atoms with E-state index >= 15 is 0 Å². The van der Waals surface area contributed by atoms with Gasteiger partial charge in [0.25, 0.3) is 0 Å². The fourth-order valence-electron chi connectivity index (χ4n) is 1.61. The highest BCUT2D eigenvalue weighted by Crippen LogP contribution is 2.37. The van der Waals surface area contributed by atoms with E-state index < -0.39 is 24.2 Å². The molecule has 0 spiro atoms. The molecule has 0 atom stereocenters. The molecule has 2 aromatic heterocycles. The highest BCUT2D eigenvalue weighted by molar-refractivity contribution is 5.88. The van der Waals surface area contributed by atoms with Gasteiger partial charge in [-0.05, 0) is 26.0 Å². The van der Waals surface area contributed by atoms with Crippen LogP contribution in [0.2, 0.25) is 0 Å². The van der Waals surface area contributed by atoms with Crippen LogP contribution in [0.4, 0.5) is 13.2 Å². The smallest absolute Gasteiger partial charge is 0.397 e. The first kappa shape index (κ1) is 17.8. The van der Waals surface area contributed by atoms with Crippen LogP contribution in [0.3, 0.4) is 0 Å². The van der Waals surface area contributed by atoms with E-state index in [1.54, 1.807) is 0 Å². The minimum Gasteiger partial charge on any atom is -0.476 e. The number of hydrogen-bond donors (Lipinski definition) is 0. The molecule has 0 saturated heterocycles. The van der Waals surface area contributed by atoms with E-state index in [4.69, 9.17) is 4.74 Å². The number of esters is 1. The maximum absolute atomic E-state index is 12.8. The Morgan fingerprint density at radius 3 is 2.50 bits per heavy atom. The van der Waals surface area contributed by atoms with Gasteiger partial charge in [-0.3, -0.25) is 0 Å². The number of pyridine rings is 1. The zero-order valence-corrected chi connectivity index (χ0v) is 13.3. The van der Waals surface area contributed by atoms with Crippen molar-refractivity contribution in [3.8, 4) is 11.7 Å². The summed E-state index contributed by atoms with van der Waals surface area (Å²) in [6.07, 6.45) is -1.56. The van der Waals surface area contributed by atoms with Crippen molar-refractivity contribution < 1.29 is 27.4 Å². The molecule has 0 aliphatic carbocycles. The summed E-state index contributed by atoms with van der Waals surface area (Å²) >= 11 is 0. The maximum Gasteiger partial charge on any atom is 0.397 e. The molecule has 0 aliphatic rings. The molecule has 0 aromatic carbocycles. The molecule has 0 unspecified atom stereocenters. The molecule has 9 heteroatoms. The molecule has 0 radical (unpaired) electrons. The lowest BCUT2D eigenvalue weighted by Gasteiger charge is -2.26. The molecule has 0 amide bonds. The van der Waals surface area contributed by atoms with Gasteiger partial charge in [0.15, 0.2) is 5.82 Å². The minimum atomic E-state index is -4.37. The first-order valence-electron chi connectivity index (χ1n) is 6.94. The van der Waals surface area contributed by atoms with Crippen molar-refractivity contribution in [2.45, 2.75) is 20.0 Å². The number of carbonyl (C=O) groups is 1. The van der Waals surface area contributed by atoms with Crippen molar-refractivity contribution in [3.63, 3.8) is 0 Å². The van der Waals surface area contributed by atoms with Crippen LogP contribution in [0.1, 0.15) is 24.2 Å². The van der Waals surface area contributed by atoms with Gasteiger partial charge in [-0.15, -0.1) is 5.10 Å². The Morgan fingerprint density at radius 1 is 1.25 bits per heavy atom. The van der Waals surface area contributed by atoms with Crippen molar-refractivity contribution in [1.29, 1.82) is 0 Å². The van der Waals surface area contributed by atoms with Crippen LogP contribution in [-0.2, 0) is 4.74 Å². The van der Waals surface area contributed by atoms with Gasteiger partial charge in [-0.25, -0.2) is 14.5 Å². The second-order valence-corrected chi connectivity index (χ2v) is 5.67. The number of ether oxygens (including phenoxy) is 2. The number of alkyl halides is 3. The van der Waals surface area contributed by atoms with Crippen molar-refractivity contribution in [2.75, 3.05) is 13.7 Å². The Hall–Kier alpha value is -2.58. The standard InChI is InChI=1S/C15H16F3N3O3/c1-14(2,15(16,17)18)9-24-12-6-7-21(20-12)11-5-4-10(8-19-11)13(22)23-3/h4-8H,9H2,1-3H3. The van der Waals surface area contributed by atoms with E-state index in [1.165, 1.54) is 42.4 Å². The van der Waals surface area contributed by atoms with Crippen molar-refractivity contribution in [3.05, 3.63) is 36.2 Å². The van der Waals surface area contributed by atoms with Crippen molar-refractivity contribution >= 4 is 5.97 Å². The van der Waals surface area contributed by atoms with E-state index in [2.05, 4.69) is 14.8 Å². The molecule has 0 saturated carbocycles. The summed E-state index contributed by atoms with van der Waals surface area (Å²) in [7, 11) is 1.26. The molecule has 0 bridgehead atoms. The Bertz CT molecular complexity index is 709. The average molecular weight is 343 g/mol. The summed E-state index contributed by atoms with van der Waals surface area (Å²) < 4.78 is 49.4. The third kappa shape index (κ3) is 3.84. The van der Waals surface area contributed by atoms with Gasteiger partial charge in [-0.1, -0.05) is 0 Å². The third-order valence-corrected chi connectivity index (χ3v) is 3.32. The summed E-state index contributed by atoms with van der Waals surface area (Å²) in [5.74, 6) is -0.0910. The lowest BCUT2D eigenvalue weighted by atomic mass is 9.94. The Balaban J connectivity index is 2.07. The number of rotatable bonds is 5. The molecule has 6 nitrogen and oxygen atoms in total. The maximum atomic E-state index is 12.8. The van der Waals surface area contributed by atoms with Crippen LogP contribution in [0.25, 0.3) is 5.82 Å². The molecule has 0 aliphatic heterocycles. The normalized spacial score (nSPS) is 12.1. The zero-order valence-electron chi connectivity index (χ0n) is 13.3. The fraction of sp³-hybridized carbons (Fsp3) is 0.400. The monoisotopic (exact) mass is 343 g/mol. The van der Waals surface area contributed by atoms with Gasteiger partial charge in [0.05, 0.1) is 18.1 Å². The second-order valence-electron chi connectivity index (χ2n) is 5.67. The number of carbonyl (C=O) groups excluding carboxylic acids is 1. The summed E-state index contributed by atoms with van der Waals surface area (Å²) in [5.41, 5.74) is -1.71. The first-order valence-corrected chi connectivity index (χ1v) is 6.94. The molecule has 2 rings (SSSR count). The predicted molar refractivity (Wildman–Crippen MR) is 78.0 cm³/mol. The molecule has 2 heterocycles. The number of methoxy groups -OCH3 is 1. The Morgan fingerprint density at radius 2 is 1.96 bits per heavy atom.